The fraction of sp³-hybridized carbons (Fsp3) is 0.440. The van der Waals surface area contributed by atoms with Gasteiger partial charge < -0.3 is 10.2 Å². The Morgan fingerprint density at radius 2 is 1.73 bits per heavy atom. The molecule has 178 valence electrons. The van der Waals surface area contributed by atoms with Crippen LogP contribution in [0.2, 0.25) is 0 Å². The Balaban J connectivity index is 1.93. The van der Waals surface area contributed by atoms with Crippen LogP contribution in [0.1, 0.15) is 38.3 Å². The van der Waals surface area contributed by atoms with E-state index in [0.717, 1.165) is 21.9 Å². The quantitative estimate of drug-likeness (QED) is 0.641. The lowest BCUT2D eigenvalue weighted by Gasteiger charge is -2.46. The Morgan fingerprint density at radius 3 is 2.33 bits per heavy atom. The van der Waals surface area contributed by atoms with Crippen LogP contribution in [0.15, 0.2) is 59.5 Å². The van der Waals surface area contributed by atoms with Gasteiger partial charge in [-0.2, -0.15) is 4.31 Å². The number of amides is 2. The van der Waals surface area contributed by atoms with Crippen molar-refractivity contribution in [2.45, 2.75) is 51.1 Å². The molecule has 7 nitrogen and oxygen atoms in total. The number of benzene rings is 2. The molecule has 1 saturated heterocycles. The van der Waals surface area contributed by atoms with Crippen LogP contribution in [0.3, 0.4) is 0 Å². The topological polar surface area (TPSA) is 86.8 Å². The van der Waals surface area contributed by atoms with E-state index < -0.39 is 21.5 Å². The van der Waals surface area contributed by atoms with Crippen molar-refractivity contribution < 1.29 is 18.0 Å². The normalized spacial score (nSPS) is 19.7. The molecule has 2 aromatic rings. The average Bonchev–Trinajstić information content (AvgIpc) is 2.77. The smallest absolute Gasteiger partial charge is 0.247 e. The molecule has 0 bridgehead atoms. The third-order valence-corrected chi connectivity index (χ3v) is 7.84. The lowest BCUT2D eigenvalue weighted by atomic mass is 9.94. The van der Waals surface area contributed by atoms with E-state index in [0.29, 0.717) is 12.5 Å². The van der Waals surface area contributed by atoms with Gasteiger partial charge in [0.2, 0.25) is 21.8 Å². The summed E-state index contributed by atoms with van der Waals surface area (Å²) in [6, 6.07) is 15.8. The highest BCUT2D eigenvalue weighted by molar-refractivity contribution is 7.89. The van der Waals surface area contributed by atoms with Crippen LogP contribution in [0, 0.1) is 12.8 Å². The molecule has 0 aromatic heterocycles. The maximum absolute atomic E-state index is 13.4. The molecule has 2 amide bonds. The van der Waals surface area contributed by atoms with Gasteiger partial charge in [0.05, 0.1) is 11.4 Å². The SMILES string of the molecule is Cc1ccc(CN2C(=O)CN(S(=O)(=O)c3ccccc3)C[C@@]2(C)C(=O)NCCC(C)C)cc1. The Bertz CT molecular complexity index is 1080. The number of aryl methyl sites for hydroxylation is 1. The molecule has 1 fully saturated rings. The van der Waals surface area contributed by atoms with Crippen LogP contribution >= 0.6 is 0 Å². The summed E-state index contributed by atoms with van der Waals surface area (Å²) in [5, 5.41) is 2.93. The summed E-state index contributed by atoms with van der Waals surface area (Å²) >= 11 is 0. The van der Waals surface area contributed by atoms with Crippen LogP contribution in [0.25, 0.3) is 0 Å². The van der Waals surface area contributed by atoms with Crippen molar-refractivity contribution in [1.82, 2.24) is 14.5 Å². The van der Waals surface area contributed by atoms with Gasteiger partial charge in [-0.1, -0.05) is 61.9 Å². The molecule has 3 rings (SSSR count). The zero-order chi connectivity index (χ0) is 24.2. The minimum Gasteiger partial charge on any atom is -0.354 e. The molecule has 8 heteroatoms. The number of piperazine rings is 1. The molecule has 1 heterocycles. The van der Waals surface area contributed by atoms with Crippen LogP contribution in [0.5, 0.6) is 0 Å². The second-order valence-corrected chi connectivity index (χ2v) is 11.2. The molecule has 0 unspecified atom stereocenters. The minimum atomic E-state index is -3.93. The second kappa shape index (κ2) is 10.1. The van der Waals surface area contributed by atoms with Crippen LogP contribution in [0.4, 0.5) is 0 Å². The van der Waals surface area contributed by atoms with Crippen molar-refractivity contribution in [3.8, 4) is 0 Å². The summed E-state index contributed by atoms with van der Waals surface area (Å²) in [5.41, 5.74) is 0.631. The van der Waals surface area contributed by atoms with Gasteiger partial charge in [0.15, 0.2) is 0 Å². The largest absolute Gasteiger partial charge is 0.354 e. The third kappa shape index (κ3) is 5.62. The summed E-state index contributed by atoms with van der Waals surface area (Å²) in [7, 11) is -3.93. The van der Waals surface area contributed by atoms with E-state index in [9.17, 15) is 18.0 Å². The lowest BCUT2D eigenvalue weighted by molar-refractivity contribution is -0.153. The molecular formula is C25H33N3O4S. The summed E-state index contributed by atoms with van der Waals surface area (Å²) in [4.78, 5) is 28.3. The van der Waals surface area contributed by atoms with E-state index in [1.54, 1.807) is 25.1 Å². The van der Waals surface area contributed by atoms with Gasteiger partial charge in [-0.3, -0.25) is 9.59 Å². The first-order valence-electron chi connectivity index (χ1n) is 11.2. The predicted molar refractivity (Wildman–Crippen MR) is 128 cm³/mol. The van der Waals surface area contributed by atoms with E-state index >= 15 is 0 Å². The van der Waals surface area contributed by atoms with E-state index in [4.69, 9.17) is 0 Å². The van der Waals surface area contributed by atoms with Crippen molar-refractivity contribution in [3.05, 3.63) is 65.7 Å². The predicted octanol–water partition coefficient (Wildman–Crippen LogP) is 2.95. The van der Waals surface area contributed by atoms with Gasteiger partial charge in [-0.15, -0.1) is 0 Å². The first-order chi connectivity index (χ1) is 15.5. The number of hydrogen-bond donors (Lipinski definition) is 1. The molecule has 0 aliphatic carbocycles. The number of nitrogens with zero attached hydrogens (tertiary/aromatic N) is 2. The minimum absolute atomic E-state index is 0.104. The number of carbonyl (C=O) groups is 2. The molecule has 0 saturated carbocycles. The Hall–Kier alpha value is -2.71. The number of nitrogens with one attached hydrogen (secondary N) is 1. The summed E-state index contributed by atoms with van der Waals surface area (Å²) < 4.78 is 27.7. The molecular weight excluding hydrogens is 438 g/mol. The van der Waals surface area contributed by atoms with Crippen LogP contribution < -0.4 is 5.32 Å². The second-order valence-electron chi connectivity index (χ2n) is 9.26. The first kappa shape index (κ1) is 24.9. The lowest BCUT2D eigenvalue weighted by Crippen LogP contribution is -2.69. The number of rotatable bonds is 8. The summed E-state index contributed by atoms with van der Waals surface area (Å²) in [6.45, 7) is 8.03. The van der Waals surface area contributed by atoms with E-state index in [1.807, 2.05) is 31.2 Å². The van der Waals surface area contributed by atoms with Gasteiger partial charge in [0.1, 0.15) is 5.54 Å². The zero-order valence-corrected chi connectivity index (χ0v) is 20.6. The van der Waals surface area contributed by atoms with Crippen LogP contribution in [-0.4, -0.2) is 54.6 Å². The molecule has 0 spiro atoms. The Morgan fingerprint density at radius 1 is 1.09 bits per heavy atom. The maximum Gasteiger partial charge on any atom is 0.247 e. The van der Waals surface area contributed by atoms with Crippen molar-refractivity contribution in [1.29, 1.82) is 0 Å². The third-order valence-electron chi connectivity index (χ3n) is 6.03. The number of sulfonamides is 1. The fourth-order valence-corrected chi connectivity index (χ4v) is 5.41. The molecule has 1 aliphatic rings. The fourth-order valence-electron chi connectivity index (χ4n) is 3.91. The highest BCUT2D eigenvalue weighted by Crippen LogP contribution is 2.29. The highest BCUT2D eigenvalue weighted by atomic mass is 32.2. The number of hydrogen-bond acceptors (Lipinski definition) is 4. The molecule has 1 aliphatic heterocycles. The monoisotopic (exact) mass is 471 g/mol. The maximum atomic E-state index is 13.4. The van der Waals surface area contributed by atoms with Gasteiger partial charge in [-0.05, 0) is 43.9 Å². The average molecular weight is 472 g/mol. The van der Waals surface area contributed by atoms with Gasteiger partial charge >= 0.3 is 0 Å². The van der Waals surface area contributed by atoms with Gasteiger partial charge in [-0.25, -0.2) is 8.42 Å². The van der Waals surface area contributed by atoms with Crippen LogP contribution in [-0.2, 0) is 26.2 Å². The molecule has 0 radical (unpaired) electrons. The standard InChI is InChI=1S/C25H33N3O4S/c1-19(2)14-15-26-24(30)25(4)18-27(33(31,32)22-8-6-5-7-9-22)17-23(29)28(25)16-21-12-10-20(3)11-13-21/h5-13,19H,14-18H2,1-4H3,(H,26,30)/t25-/m0/s1. The first-order valence-corrected chi connectivity index (χ1v) is 12.7. The van der Waals surface area contributed by atoms with E-state index in [2.05, 4.69) is 19.2 Å². The zero-order valence-electron chi connectivity index (χ0n) is 19.7. The Labute approximate surface area is 196 Å². The van der Waals surface area contributed by atoms with E-state index in [-0.39, 0.29) is 30.4 Å². The summed E-state index contributed by atoms with van der Waals surface area (Å²) in [5.74, 6) is -0.343. The van der Waals surface area contributed by atoms with Crippen molar-refractivity contribution in [2.24, 2.45) is 5.92 Å². The molecule has 33 heavy (non-hydrogen) atoms. The van der Waals surface area contributed by atoms with Gasteiger partial charge in [0, 0.05) is 19.6 Å². The number of carbonyl (C=O) groups excluding carboxylic acids is 2. The van der Waals surface area contributed by atoms with Crippen molar-refractivity contribution >= 4 is 21.8 Å². The Kier molecular flexibility index (Phi) is 7.59. The summed E-state index contributed by atoms with van der Waals surface area (Å²) in [6.07, 6.45) is 0.791. The highest BCUT2D eigenvalue weighted by Gasteiger charge is 2.50. The van der Waals surface area contributed by atoms with E-state index in [1.165, 1.54) is 17.0 Å². The molecule has 1 N–H and O–H groups in total. The van der Waals surface area contributed by atoms with Gasteiger partial charge in [0.25, 0.3) is 0 Å². The molecule has 2 aromatic carbocycles. The molecule has 1 atom stereocenters. The van der Waals surface area contributed by atoms with Crippen molar-refractivity contribution in [2.75, 3.05) is 19.6 Å². The van der Waals surface area contributed by atoms with Crippen molar-refractivity contribution in [3.63, 3.8) is 0 Å².